The van der Waals surface area contributed by atoms with Crippen LogP contribution in [0.2, 0.25) is 0 Å². The summed E-state index contributed by atoms with van der Waals surface area (Å²) in [6, 6.07) is 4.66. The summed E-state index contributed by atoms with van der Waals surface area (Å²) in [5.41, 5.74) is 7.12. The minimum absolute atomic E-state index is 0.0322. The zero-order valence-corrected chi connectivity index (χ0v) is 15.0. The summed E-state index contributed by atoms with van der Waals surface area (Å²) in [4.78, 5) is 27.5. The van der Waals surface area contributed by atoms with Crippen LogP contribution in [0.5, 0.6) is 5.75 Å². The van der Waals surface area contributed by atoms with E-state index < -0.39 is 0 Å². The Balaban J connectivity index is 2.15. The Bertz CT molecular complexity index is 870. The molecule has 0 unspecified atom stereocenters. The Labute approximate surface area is 156 Å². The quantitative estimate of drug-likeness (QED) is 0.394. The molecule has 0 fully saturated rings. The molecule has 0 saturated heterocycles. The number of aromatic hydroxyl groups is 1. The Hall–Kier alpha value is -3.42. The fourth-order valence-corrected chi connectivity index (χ4v) is 2.49. The Morgan fingerprint density at radius 1 is 1.41 bits per heavy atom. The number of hydrogen-bond acceptors (Lipinski definition) is 7. The Morgan fingerprint density at radius 2 is 2.19 bits per heavy atom. The number of nitrogens with zero attached hydrogens (tertiary/aromatic N) is 1. The van der Waals surface area contributed by atoms with Crippen LogP contribution < -0.4 is 11.1 Å². The van der Waals surface area contributed by atoms with Crippen molar-refractivity contribution in [2.45, 2.75) is 26.2 Å². The van der Waals surface area contributed by atoms with Crippen molar-refractivity contribution in [1.82, 2.24) is 10.3 Å². The largest absolute Gasteiger partial charge is 0.508 e. The van der Waals surface area contributed by atoms with Crippen molar-refractivity contribution in [3.63, 3.8) is 0 Å². The highest BCUT2D eigenvalue weighted by Gasteiger charge is 2.15. The molecule has 1 amide bonds. The molecule has 0 bridgehead atoms. The molecule has 8 nitrogen and oxygen atoms in total. The highest BCUT2D eigenvalue weighted by Crippen LogP contribution is 2.24. The second kappa shape index (κ2) is 9.33. The monoisotopic (exact) mass is 370 g/mol. The van der Waals surface area contributed by atoms with Crippen molar-refractivity contribution in [1.29, 1.82) is 5.41 Å². The van der Waals surface area contributed by atoms with Gasteiger partial charge in [-0.3, -0.25) is 9.59 Å². The number of aromatic nitrogens is 1. The van der Waals surface area contributed by atoms with E-state index in [2.05, 4.69) is 10.3 Å². The number of nitrogen functional groups attached to an aromatic ring is 1. The van der Waals surface area contributed by atoms with Gasteiger partial charge in [-0.25, -0.2) is 0 Å². The first kappa shape index (κ1) is 19.9. The highest BCUT2D eigenvalue weighted by atomic mass is 16.4. The van der Waals surface area contributed by atoms with Crippen LogP contribution in [-0.4, -0.2) is 34.5 Å². The summed E-state index contributed by atoms with van der Waals surface area (Å²) >= 11 is 0. The molecule has 5 N–H and O–H groups in total. The molecule has 0 aliphatic heterocycles. The molecule has 2 rings (SSSR count). The van der Waals surface area contributed by atoms with Crippen LogP contribution in [0.25, 0.3) is 5.57 Å². The minimum Gasteiger partial charge on any atom is -0.508 e. The number of amides is 1. The third kappa shape index (κ3) is 5.53. The number of allylic oxidation sites excluding steroid dienone is 2. The zero-order valence-electron chi connectivity index (χ0n) is 15.0. The van der Waals surface area contributed by atoms with E-state index in [1.165, 1.54) is 18.5 Å². The fourth-order valence-electron chi connectivity index (χ4n) is 2.49. The van der Waals surface area contributed by atoms with Gasteiger partial charge in [-0.1, -0.05) is 12.1 Å². The molecular formula is C19H22N4O4. The summed E-state index contributed by atoms with van der Waals surface area (Å²) in [7, 11) is 0. The number of Topliss-reactive ketones (excluding diaryl/α,β-unsaturated/α-hetero) is 1. The number of nitrogens with two attached hydrogens (primary N) is 1. The highest BCUT2D eigenvalue weighted by molar-refractivity contribution is 6.08. The first-order chi connectivity index (χ1) is 12.9. The van der Waals surface area contributed by atoms with Crippen LogP contribution in [0.15, 0.2) is 35.0 Å². The lowest BCUT2D eigenvalue weighted by Crippen LogP contribution is -2.21. The molecule has 27 heavy (non-hydrogen) atoms. The zero-order chi connectivity index (χ0) is 19.8. The van der Waals surface area contributed by atoms with E-state index in [1.807, 2.05) is 6.92 Å². The van der Waals surface area contributed by atoms with E-state index in [1.54, 1.807) is 18.2 Å². The number of anilines is 1. The Morgan fingerprint density at radius 3 is 2.81 bits per heavy atom. The number of rotatable bonds is 9. The van der Waals surface area contributed by atoms with E-state index in [0.717, 1.165) is 0 Å². The molecule has 0 radical (unpaired) electrons. The normalized spacial score (nSPS) is 11.2. The fraction of sp³-hybridized carbons (Fsp3) is 0.263. The van der Waals surface area contributed by atoms with Gasteiger partial charge in [0.1, 0.15) is 17.7 Å². The van der Waals surface area contributed by atoms with Gasteiger partial charge < -0.3 is 26.0 Å². The van der Waals surface area contributed by atoms with E-state index in [9.17, 15) is 14.7 Å². The van der Waals surface area contributed by atoms with Gasteiger partial charge in [-0.2, -0.15) is 4.98 Å². The van der Waals surface area contributed by atoms with Crippen molar-refractivity contribution >= 4 is 29.5 Å². The van der Waals surface area contributed by atoms with Gasteiger partial charge in [0.2, 0.25) is 5.91 Å². The van der Waals surface area contributed by atoms with E-state index in [-0.39, 0.29) is 35.6 Å². The average Bonchev–Trinajstić information content (AvgIpc) is 3.07. The average molecular weight is 370 g/mol. The second-order valence-corrected chi connectivity index (χ2v) is 5.81. The number of phenolic OH excluding ortho intramolecular Hbond substituents is 1. The van der Waals surface area contributed by atoms with Crippen LogP contribution in [0.1, 0.15) is 41.4 Å². The van der Waals surface area contributed by atoms with Gasteiger partial charge >= 0.3 is 0 Å². The maximum atomic E-state index is 12.2. The van der Waals surface area contributed by atoms with Gasteiger partial charge in [-0.15, -0.1) is 0 Å². The lowest BCUT2D eigenvalue weighted by Gasteiger charge is -2.08. The molecule has 1 aromatic heterocycles. The molecule has 0 aliphatic carbocycles. The van der Waals surface area contributed by atoms with Crippen LogP contribution in [0.3, 0.4) is 0 Å². The molecule has 0 atom stereocenters. The van der Waals surface area contributed by atoms with Crippen LogP contribution in [0, 0.1) is 5.41 Å². The third-order valence-electron chi connectivity index (χ3n) is 3.84. The first-order valence-corrected chi connectivity index (χ1v) is 8.48. The van der Waals surface area contributed by atoms with Gasteiger partial charge in [-0.05, 0) is 36.6 Å². The van der Waals surface area contributed by atoms with Crippen LogP contribution in [-0.2, 0) is 11.2 Å². The molecule has 2 aromatic rings. The van der Waals surface area contributed by atoms with Gasteiger partial charge in [0.15, 0.2) is 5.78 Å². The summed E-state index contributed by atoms with van der Waals surface area (Å²) in [5.74, 6) is -0.434. The van der Waals surface area contributed by atoms with Crippen molar-refractivity contribution in [2.75, 3.05) is 12.3 Å². The van der Waals surface area contributed by atoms with E-state index in [0.29, 0.717) is 36.1 Å². The standard InChI is InChI=1S/C19H22N4O4/c1-2-22-18(26)5-3-4-13(10-20)12-6-7-16(24)14(8-12)9-17(25)15-11-27-19(21)23-15/h4,6-8,10-11,20,24H,2-3,5,9H2,1H3,(H2,21,23)(H,22,26)/b13-4+,20-10?. The number of ketones is 1. The lowest BCUT2D eigenvalue weighted by atomic mass is 9.98. The predicted molar refractivity (Wildman–Crippen MR) is 102 cm³/mol. The van der Waals surface area contributed by atoms with Crippen LogP contribution in [0.4, 0.5) is 6.01 Å². The minimum atomic E-state index is -0.348. The molecule has 142 valence electrons. The van der Waals surface area contributed by atoms with Crippen LogP contribution >= 0.6 is 0 Å². The Kier molecular flexibility index (Phi) is 6.87. The number of benzene rings is 1. The SMILES string of the molecule is CCNC(=O)CC/C=C(\C=N)c1ccc(O)c(CC(=O)c2coc(N)n2)c1. The molecule has 8 heteroatoms. The van der Waals surface area contributed by atoms with Gasteiger partial charge in [0.25, 0.3) is 6.01 Å². The smallest absolute Gasteiger partial charge is 0.292 e. The number of oxazole rings is 1. The molecule has 1 heterocycles. The lowest BCUT2D eigenvalue weighted by molar-refractivity contribution is -0.120. The number of hydrogen-bond donors (Lipinski definition) is 4. The molecule has 0 saturated carbocycles. The third-order valence-corrected chi connectivity index (χ3v) is 3.84. The van der Waals surface area contributed by atoms with E-state index in [4.69, 9.17) is 15.6 Å². The maximum Gasteiger partial charge on any atom is 0.292 e. The summed E-state index contributed by atoms with van der Waals surface area (Å²) in [5, 5.41) is 20.4. The predicted octanol–water partition coefficient (Wildman–Crippen LogP) is 2.34. The van der Waals surface area contributed by atoms with Crippen molar-refractivity contribution in [2.24, 2.45) is 0 Å². The summed E-state index contributed by atoms with van der Waals surface area (Å²) in [6.07, 6.45) is 4.83. The van der Waals surface area contributed by atoms with E-state index >= 15 is 0 Å². The van der Waals surface area contributed by atoms with Gasteiger partial charge in [0.05, 0.1) is 0 Å². The molecular weight excluding hydrogens is 348 g/mol. The topological polar surface area (TPSA) is 142 Å². The maximum absolute atomic E-state index is 12.2. The number of phenols is 1. The molecule has 0 spiro atoms. The van der Waals surface area contributed by atoms with Crippen molar-refractivity contribution < 1.29 is 19.1 Å². The van der Waals surface area contributed by atoms with Gasteiger partial charge in [0, 0.05) is 31.2 Å². The molecule has 1 aromatic carbocycles. The summed E-state index contributed by atoms with van der Waals surface area (Å²) < 4.78 is 4.83. The molecule has 0 aliphatic rings. The summed E-state index contributed by atoms with van der Waals surface area (Å²) in [6.45, 7) is 2.43. The number of nitrogens with one attached hydrogen (secondary N) is 2. The first-order valence-electron chi connectivity index (χ1n) is 8.48. The number of carbonyl (C=O) groups excluding carboxylic acids is 2. The van der Waals surface area contributed by atoms with Crippen molar-refractivity contribution in [3.8, 4) is 5.75 Å². The van der Waals surface area contributed by atoms with Crippen molar-refractivity contribution in [3.05, 3.63) is 47.4 Å². The number of carbonyl (C=O) groups is 2. The second-order valence-electron chi connectivity index (χ2n) is 5.81.